The third-order valence-corrected chi connectivity index (χ3v) is 8.11. The number of fused-ring (bicyclic) bond motifs is 1. The van der Waals surface area contributed by atoms with Gasteiger partial charge in [0.25, 0.3) is 0 Å². The Morgan fingerprint density at radius 2 is 1.94 bits per heavy atom. The fourth-order valence-electron chi connectivity index (χ4n) is 4.45. The van der Waals surface area contributed by atoms with Gasteiger partial charge < -0.3 is 14.6 Å². The summed E-state index contributed by atoms with van der Waals surface area (Å²) in [5.41, 5.74) is 0.278. The van der Waals surface area contributed by atoms with Crippen LogP contribution in [0.5, 0.6) is 0 Å². The van der Waals surface area contributed by atoms with Crippen molar-refractivity contribution in [2.45, 2.75) is 56.4 Å². The van der Waals surface area contributed by atoms with Gasteiger partial charge in [0, 0.05) is 31.2 Å². The number of carbonyl (C=O) groups is 2. The minimum absolute atomic E-state index is 0.129. The number of carbonyl (C=O) groups excluding carboxylic acids is 2. The van der Waals surface area contributed by atoms with Gasteiger partial charge in [-0.2, -0.15) is 4.31 Å². The van der Waals surface area contributed by atoms with Crippen LogP contribution >= 0.6 is 0 Å². The molecule has 1 N–H and O–H groups in total. The van der Waals surface area contributed by atoms with Crippen molar-refractivity contribution in [1.82, 2.24) is 9.62 Å². The molecule has 3 heterocycles. The van der Waals surface area contributed by atoms with Crippen LogP contribution in [0, 0.1) is 0 Å². The predicted octanol–water partition coefficient (Wildman–Crippen LogP) is 2.44. The maximum Gasteiger partial charge on any atom is 0.243 e. The predicted molar refractivity (Wildman–Crippen MR) is 120 cm³/mol. The molecule has 2 aliphatic rings. The number of benzene rings is 1. The molecule has 1 atom stereocenters. The standard InChI is InChI=1S/C23H29N3O5S/c1-16(13-17-7-6-12-31-17)24-21(27)15-26-20-9-8-18(14-19(20)23(2,3)22(26)28)32(29,30)25-10-4-5-11-25/h6-9,12,14,16H,4-5,10-11,13,15H2,1-3H3,(H,24,27)/t16-/m1/s1. The van der Waals surface area contributed by atoms with Gasteiger partial charge in [0.05, 0.1) is 16.6 Å². The molecular formula is C23H29N3O5S. The van der Waals surface area contributed by atoms with Crippen molar-refractivity contribution in [1.29, 1.82) is 0 Å². The lowest BCUT2D eigenvalue weighted by molar-refractivity contribution is -0.125. The summed E-state index contributed by atoms with van der Waals surface area (Å²) in [6.07, 6.45) is 3.85. The highest BCUT2D eigenvalue weighted by Gasteiger charge is 2.45. The molecule has 0 radical (unpaired) electrons. The van der Waals surface area contributed by atoms with Crippen LogP contribution in [0.2, 0.25) is 0 Å². The van der Waals surface area contributed by atoms with E-state index < -0.39 is 15.4 Å². The first-order valence-electron chi connectivity index (χ1n) is 10.9. The quantitative estimate of drug-likeness (QED) is 0.686. The summed E-state index contributed by atoms with van der Waals surface area (Å²) in [5.74, 6) is 0.264. The van der Waals surface area contributed by atoms with E-state index in [0.29, 0.717) is 30.8 Å². The summed E-state index contributed by atoms with van der Waals surface area (Å²) in [4.78, 5) is 27.4. The molecule has 1 fully saturated rings. The van der Waals surface area contributed by atoms with E-state index in [4.69, 9.17) is 4.42 Å². The van der Waals surface area contributed by atoms with Gasteiger partial charge in [0.1, 0.15) is 12.3 Å². The molecular weight excluding hydrogens is 430 g/mol. The maximum atomic E-state index is 13.1. The second-order valence-electron chi connectivity index (χ2n) is 9.06. The second-order valence-corrected chi connectivity index (χ2v) is 11.0. The van der Waals surface area contributed by atoms with Crippen LogP contribution in [-0.2, 0) is 31.4 Å². The van der Waals surface area contributed by atoms with Gasteiger partial charge in [-0.15, -0.1) is 0 Å². The zero-order valence-electron chi connectivity index (χ0n) is 18.6. The number of anilines is 1. The number of rotatable bonds is 7. The molecule has 0 bridgehead atoms. The zero-order valence-corrected chi connectivity index (χ0v) is 19.4. The van der Waals surface area contributed by atoms with Gasteiger partial charge in [-0.1, -0.05) is 0 Å². The molecule has 1 aromatic heterocycles. The molecule has 0 spiro atoms. The van der Waals surface area contributed by atoms with E-state index in [-0.39, 0.29) is 29.3 Å². The van der Waals surface area contributed by atoms with Crippen LogP contribution in [0.4, 0.5) is 5.69 Å². The van der Waals surface area contributed by atoms with E-state index in [9.17, 15) is 18.0 Å². The van der Waals surface area contributed by atoms with Crippen molar-refractivity contribution >= 4 is 27.5 Å². The first-order chi connectivity index (χ1) is 15.1. The molecule has 2 aliphatic heterocycles. The van der Waals surface area contributed by atoms with Crippen LogP contribution < -0.4 is 10.2 Å². The lowest BCUT2D eigenvalue weighted by atomic mass is 9.86. The average Bonchev–Trinajstić information content (AvgIpc) is 3.47. The molecule has 172 valence electrons. The van der Waals surface area contributed by atoms with Crippen molar-refractivity contribution in [2.75, 3.05) is 24.5 Å². The highest BCUT2D eigenvalue weighted by atomic mass is 32.2. The second kappa shape index (κ2) is 8.37. The van der Waals surface area contributed by atoms with E-state index in [0.717, 1.165) is 18.6 Å². The number of furan rings is 1. The van der Waals surface area contributed by atoms with Crippen molar-refractivity contribution in [2.24, 2.45) is 0 Å². The van der Waals surface area contributed by atoms with Gasteiger partial charge in [0.2, 0.25) is 21.8 Å². The van der Waals surface area contributed by atoms with Crippen LogP contribution in [0.1, 0.15) is 44.9 Å². The van der Waals surface area contributed by atoms with Crippen molar-refractivity contribution in [3.8, 4) is 0 Å². The summed E-state index contributed by atoms with van der Waals surface area (Å²) in [7, 11) is -3.59. The molecule has 1 aromatic carbocycles. The normalized spacial score (nSPS) is 19.2. The van der Waals surface area contributed by atoms with Gasteiger partial charge in [-0.3, -0.25) is 9.59 Å². The number of nitrogens with zero attached hydrogens (tertiary/aromatic N) is 2. The topological polar surface area (TPSA) is 99.9 Å². The molecule has 1 saturated heterocycles. The van der Waals surface area contributed by atoms with Gasteiger partial charge in [-0.25, -0.2) is 8.42 Å². The fourth-order valence-corrected chi connectivity index (χ4v) is 6.00. The molecule has 32 heavy (non-hydrogen) atoms. The Kier molecular flexibility index (Phi) is 5.89. The number of hydrogen-bond donors (Lipinski definition) is 1. The number of hydrogen-bond acceptors (Lipinski definition) is 5. The number of nitrogens with one attached hydrogen (secondary N) is 1. The van der Waals surface area contributed by atoms with Gasteiger partial charge in [-0.05, 0) is 69.5 Å². The summed E-state index contributed by atoms with van der Waals surface area (Å²) >= 11 is 0. The van der Waals surface area contributed by atoms with E-state index in [1.165, 1.54) is 15.3 Å². The third kappa shape index (κ3) is 4.06. The highest BCUT2D eigenvalue weighted by molar-refractivity contribution is 7.89. The van der Waals surface area contributed by atoms with E-state index in [2.05, 4.69) is 5.32 Å². The smallest absolute Gasteiger partial charge is 0.243 e. The van der Waals surface area contributed by atoms with Crippen LogP contribution in [0.25, 0.3) is 0 Å². The molecule has 2 amide bonds. The summed E-state index contributed by atoms with van der Waals surface area (Å²) < 4.78 is 32.8. The zero-order chi connectivity index (χ0) is 23.1. The monoisotopic (exact) mass is 459 g/mol. The molecule has 8 nitrogen and oxygen atoms in total. The summed E-state index contributed by atoms with van der Waals surface area (Å²) in [5, 5.41) is 2.90. The number of amides is 2. The largest absolute Gasteiger partial charge is 0.469 e. The fraction of sp³-hybridized carbons (Fsp3) is 0.478. The lowest BCUT2D eigenvalue weighted by Gasteiger charge is -2.21. The first-order valence-corrected chi connectivity index (χ1v) is 12.3. The van der Waals surface area contributed by atoms with E-state index in [1.807, 2.05) is 13.0 Å². The van der Waals surface area contributed by atoms with Crippen LogP contribution in [0.15, 0.2) is 45.9 Å². The molecule has 9 heteroatoms. The van der Waals surface area contributed by atoms with Crippen LogP contribution in [0.3, 0.4) is 0 Å². The van der Waals surface area contributed by atoms with E-state index in [1.54, 1.807) is 38.3 Å². The third-order valence-electron chi connectivity index (χ3n) is 6.21. The Bertz CT molecular complexity index is 1120. The molecule has 0 saturated carbocycles. The Morgan fingerprint density at radius 1 is 1.22 bits per heavy atom. The summed E-state index contributed by atoms with van der Waals surface area (Å²) in [6.45, 7) is 6.31. The Morgan fingerprint density at radius 3 is 2.59 bits per heavy atom. The molecule has 4 rings (SSSR count). The highest BCUT2D eigenvalue weighted by Crippen LogP contribution is 2.42. The molecule has 0 unspecified atom stereocenters. The van der Waals surface area contributed by atoms with Gasteiger partial charge >= 0.3 is 0 Å². The Balaban J connectivity index is 1.53. The molecule has 2 aromatic rings. The first kappa shape index (κ1) is 22.5. The van der Waals surface area contributed by atoms with Crippen LogP contribution in [-0.4, -0.2) is 50.2 Å². The van der Waals surface area contributed by atoms with Crippen molar-refractivity contribution in [3.05, 3.63) is 47.9 Å². The van der Waals surface area contributed by atoms with Crippen molar-refractivity contribution < 1.29 is 22.4 Å². The number of sulfonamides is 1. The van der Waals surface area contributed by atoms with E-state index >= 15 is 0 Å². The minimum Gasteiger partial charge on any atom is -0.469 e. The van der Waals surface area contributed by atoms with Gasteiger partial charge in [0.15, 0.2) is 0 Å². The van der Waals surface area contributed by atoms with Crippen molar-refractivity contribution in [3.63, 3.8) is 0 Å². The lowest BCUT2D eigenvalue weighted by Crippen LogP contribution is -2.45. The maximum absolute atomic E-state index is 13.1. The summed E-state index contributed by atoms with van der Waals surface area (Å²) in [6, 6.07) is 8.25. The molecule has 0 aliphatic carbocycles. The Hall–Kier alpha value is -2.65. The Labute approximate surface area is 188 Å². The SMILES string of the molecule is C[C@H](Cc1ccco1)NC(=O)CN1C(=O)C(C)(C)c2cc(S(=O)(=O)N3CCCC3)ccc21. The minimum atomic E-state index is -3.59. The average molecular weight is 460 g/mol.